The molecule has 1 atom stereocenters. The van der Waals surface area contributed by atoms with Gasteiger partial charge in [0, 0.05) is 6.04 Å². The first-order valence-corrected chi connectivity index (χ1v) is 4.73. The lowest BCUT2D eigenvalue weighted by molar-refractivity contribution is 0.265. The van der Waals surface area contributed by atoms with Gasteiger partial charge in [-0.15, -0.1) is 0 Å². The van der Waals surface area contributed by atoms with Gasteiger partial charge in [-0.1, -0.05) is 6.07 Å². The van der Waals surface area contributed by atoms with E-state index in [0.29, 0.717) is 10.9 Å². The minimum absolute atomic E-state index is 0.0605. The molecular weight excluding hydrogens is 237 g/mol. The van der Waals surface area contributed by atoms with E-state index < -0.39 is 0 Å². The molecule has 3 N–H and O–H groups in total. The predicted octanol–water partition coefficient (Wildman–Crippen LogP) is 1.45. The first-order valence-electron chi connectivity index (χ1n) is 3.94. The Morgan fingerprint density at radius 2 is 2.23 bits per heavy atom. The Labute approximate surface area is 84.7 Å². The fraction of sp³-hybridized carbons (Fsp3) is 0.333. The van der Waals surface area contributed by atoms with Gasteiger partial charge in [0.1, 0.15) is 5.82 Å². The van der Waals surface area contributed by atoms with E-state index in [1.807, 2.05) is 0 Å². The van der Waals surface area contributed by atoms with Gasteiger partial charge < -0.3 is 10.8 Å². The van der Waals surface area contributed by atoms with Crippen LogP contribution in [0.25, 0.3) is 0 Å². The zero-order chi connectivity index (χ0) is 9.84. The van der Waals surface area contributed by atoms with E-state index in [2.05, 4.69) is 15.9 Å². The van der Waals surface area contributed by atoms with Crippen LogP contribution in [0.15, 0.2) is 22.7 Å². The van der Waals surface area contributed by atoms with Crippen molar-refractivity contribution in [2.75, 3.05) is 6.61 Å². The summed E-state index contributed by atoms with van der Waals surface area (Å²) in [6.45, 7) is -0.0605. The van der Waals surface area contributed by atoms with Crippen molar-refractivity contribution in [3.8, 4) is 0 Å². The topological polar surface area (TPSA) is 46.2 Å². The highest BCUT2D eigenvalue weighted by Gasteiger charge is 2.04. The fourth-order valence-corrected chi connectivity index (χ4v) is 1.46. The van der Waals surface area contributed by atoms with Crippen molar-refractivity contribution in [2.24, 2.45) is 5.73 Å². The third-order valence-electron chi connectivity index (χ3n) is 1.72. The van der Waals surface area contributed by atoms with E-state index in [1.54, 1.807) is 12.1 Å². The van der Waals surface area contributed by atoms with Crippen LogP contribution in [-0.4, -0.2) is 17.8 Å². The Morgan fingerprint density at radius 3 is 2.77 bits per heavy atom. The Balaban J connectivity index is 2.73. The number of aliphatic hydroxyl groups is 1. The van der Waals surface area contributed by atoms with E-state index in [1.165, 1.54) is 6.07 Å². The molecule has 1 rings (SSSR count). The Bertz CT molecular complexity index is 293. The first kappa shape index (κ1) is 10.6. The van der Waals surface area contributed by atoms with Crippen molar-refractivity contribution >= 4 is 15.9 Å². The van der Waals surface area contributed by atoms with Gasteiger partial charge in [-0.3, -0.25) is 0 Å². The normalized spacial score (nSPS) is 12.9. The molecule has 1 unspecified atom stereocenters. The Kier molecular flexibility index (Phi) is 3.84. The zero-order valence-corrected chi connectivity index (χ0v) is 8.59. The minimum Gasteiger partial charge on any atom is -0.395 e. The van der Waals surface area contributed by atoms with Gasteiger partial charge in [0.15, 0.2) is 0 Å². The van der Waals surface area contributed by atoms with Crippen LogP contribution in [0, 0.1) is 5.82 Å². The predicted molar refractivity (Wildman–Crippen MR) is 52.9 cm³/mol. The van der Waals surface area contributed by atoms with E-state index in [0.717, 1.165) is 5.56 Å². The summed E-state index contributed by atoms with van der Waals surface area (Å²) in [6, 6.07) is 4.43. The molecule has 0 aliphatic carbocycles. The molecule has 0 fully saturated rings. The summed E-state index contributed by atoms with van der Waals surface area (Å²) in [5, 5.41) is 8.71. The summed E-state index contributed by atoms with van der Waals surface area (Å²) < 4.78 is 13.2. The maximum atomic E-state index is 12.8. The van der Waals surface area contributed by atoms with Crippen molar-refractivity contribution in [3.05, 3.63) is 34.1 Å². The second-order valence-electron chi connectivity index (χ2n) is 2.90. The molecule has 4 heteroatoms. The molecular formula is C9H11BrFNO. The highest BCUT2D eigenvalue weighted by atomic mass is 79.9. The minimum atomic E-state index is -0.290. The molecule has 0 spiro atoms. The number of rotatable bonds is 3. The van der Waals surface area contributed by atoms with Gasteiger partial charge >= 0.3 is 0 Å². The summed E-state index contributed by atoms with van der Waals surface area (Å²) in [7, 11) is 0. The van der Waals surface area contributed by atoms with Gasteiger partial charge in [0.25, 0.3) is 0 Å². The first-order chi connectivity index (χ1) is 6.13. The van der Waals surface area contributed by atoms with Crippen LogP contribution in [0.1, 0.15) is 5.56 Å². The standard InChI is InChI=1S/C9H11BrFNO/c10-8-4-6(1-2-9(8)11)3-7(12)5-13/h1-2,4,7,13H,3,5,12H2. The molecule has 0 aliphatic rings. The highest BCUT2D eigenvalue weighted by Crippen LogP contribution is 2.17. The van der Waals surface area contributed by atoms with E-state index in [-0.39, 0.29) is 18.5 Å². The molecule has 0 aliphatic heterocycles. The van der Waals surface area contributed by atoms with E-state index >= 15 is 0 Å². The lowest BCUT2D eigenvalue weighted by atomic mass is 10.1. The maximum absolute atomic E-state index is 12.8. The molecule has 0 radical (unpaired) electrons. The second-order valence-corrected chi connectivity index (χ2v) is 3.75. The molecule has 72 valence electrons. The SMILES string of the molecule is NC(CO)Cc1ccc(F)c(Br)c1. The number of aliphatic hydroxyl groups excluding tert-OH is 1. The molecule has 0 amide bonds. The molecule has 13 heavy (non-hydrogen) atoms. The van der Waals surface area contributed by atoms with Crippen LogP contribution < -0.4 is 5.73 Å². The van der Waals surface area contributed by atoms with Crippen molar-refractivity contribution < 1.29 is 9.50 Å². The van der Waals surface area contributed by atoms with Crippen LogP contribution >= 0.6 is 15.9 Å². The van der Waals surface area contributed by atoms with Crippen molar-refractivity contribution in [1.82, 2.24) is 0 Å². The van der Waals surface area contributed by atoms with Crippen LogP contribution in [0.3, 0.4) is 0 Å². The molecule has 0 heterocycles. The Hall–Kier alpha value is -0.450. The third-order valence-corrected chi connectivity index (χ3v) is 2.32. The molecule has 0 aromatic heterocycles. The van der Waals surface area contributed by atoms with Crippen LogP contribution in [-0.2, 0) is 6.42 Å². The summed E-state index contributed by atoms with van der Waals surface area (Å²) in [4.78, 5) is 0. The highest BCUT2D eigenvalue weighted by molar-refractivity contribution is 9.10. The lowest BCUT2D eigenvalue weighted by Crippen LogP contribution is -2.26. The summed E-state index contributed by atoms with van der Waals surface area (Å²) in [6.07, 6.45) is 0.551. The smallest absolute Gasteiger partial charge is 0.137 e. The number of halogens is 2. The van der Waals surface area contributed by atoms with Gasteiger partial charge in [-0.05, 0) is 40.0 Å². The molecule has 0 saturated heterocycles. The number of hydrogen-bond acceptors (Lipinski definition) is 2. The molecule has 0 saturated carbocycles. The molecule has 2 nitrogen and oxygen atoms in total. The number of nitrogens with two attached hydrogens (primary N) is 1. The fourth-order valence-electron chi connectivity index (χ4n) is 1.03. The van der Waals surface area contributed by atoms with Crippen molar-refractivity contribution in [3.63, 3.8) is 0 Å². The van der Waals surface area contributed by atoms with Gasteiger partial charge in [-0.2, -0.15) is 0 Å². The maximum Gasteiger partial charge on any atom is 0.137 e. The summed E-state index contributed by atoms with van der Waals surface area (Å²) in [5.41, 5.74) is 6.45. The third kappa shape index (κ3) is 3.06. The molecule has 0 bridgehead atoms. The number of hydrogen-bond donors (Lipinski definition) is 2. The van der Waals surface area contributed by atoms with Crippen molar-refractivity contribution in [1.29, 1.82) is 0 Å². The van der Waals surface area contributed by atoms with Crippen LogP contribution in [0.5, 0.6) is 0 Å². The monoisotopic (exact) mass is 247 g/mol. The van der Waals surface area contributed by atoms with Crippen LogP contribution in [0.4, 0.5) is 4.39 Å². The lowest BCUT2D eigenvalue weighted by Gasteiger charge is -2.08. The Morgan fingerprint density at radius 1 is 1.54 bits per heavy atom. The molecule has 1 aromatic rings. The summed E-state index contributed by atoms with van der Waals surface area (Å²) >= 11 is 3.08. The number of benzene rings is 1. The van der Waals surface area contributed by atoms with Crippen molar-refractivity contribution in [2.45, 2.75) is 12.5 Å². The average Bonchev–Trinajstić information content (AvgIpc) is 2.11. The van der Waals surface area contributed by atoms with E-state index in [4.69, 9.17) is 10.8 Å². The van der Waals surface area contributed by atoms with E-state index in [9.17, 15) is 4.39 Å². The quantitative estimate of drug-likeness (QED) is 0.850. The largest absolute Gasteiger partial charge is 0.395 e. The summed E-state index contributed by atoms with van der Waals surface area (Å²) in [5.74, 6) is -0.290. The second kappa shape index (κ2) is 4.69. The van der Waals surface area contributed by atoms with Crippen LogP contribution in [0.2, 0.25) is 0 Å². The van der Waals surface area contributed by atoms with Gasteiger partial charge in [-0.25, -0.2) is 4.39 Å². The zero-order valence-electron chi connectivity index (χ0n) is 7.00. The molecule has 1 aromatic carbocycles. The van der Waals surface area contributed by atoms with Gasteiger partial charge in [0.05, 0.1) is 11.1 Å². The average molecular weight is 248 g/mol. The van der Waals surface area contributed by atoms with Gasteiger partial charge in [0.2, 0.25) is 0 Å².